The molecule has 0 saturated heterocycles. The van der Waals surface area contributed by atoms with E-state index in [2.05, 4.69) is 15.4 Å². The normalized spacial score (nSPS) is 10.3. The minimum Gasteiger partial charge on any atom is -0.469 e. The van der Waals surface area contributed by atoms with E-state index in [1.165, 1.54) is 7.11 Å². The first-order chi connectivity index (χ1) is 11.2. The zero-order valence-corrected chi connectivity index (χ0v) is 13.3. The van der Waals surface area contributed by atoms with Gasteiger partial charge in [0, 0.05) is 18.4 Å². The Labute approximate surface area is 136 Å². The predicted molar refractivity (Wildman–Crippen MR) is 91.5 cm³/mol. The smallest absolute Gasteiger partial charge is 0.319 e. The van der Waals surface area contributed by atoms with Crippen LogP contribution in [0.5, 0.6) is 0 Å². The number of amides is 2. The van der Waals surface area contributed by atoms with Gasteiger partial charge in [-0.05, 0) is 24.3 Å². The van der Waals surface area contributed by atoms with Crippen LogP contribution in [0.4, 0.5) is 10.5 Å². The highest BCUT2D eigenvalue weighted by molar-refractivity contribution is 6.01. The van der Waals surface area contributed by atoms with Gasteiger partial charge in [-0.2, -0.15) is 0 Å². The summed E-state index contributed by atoms with van der Waals surface area (Å²) in [6, 6.07) is 13.5. The van der Waals surface area contributed by atoms with Crippen molar-refractivity contribution in [3.05, 3.63) is 42.5 Å². The van der Waals surface area contributed by atoms with Gasteiger partial charge >= 0.3 is 12.0 Å². The number of esters is 1. The lowest BCUT2D eigenvalue weighted by atomic mass is 10.1. The second-order valence-electron chi connectivity index (χ2n) is 5.29. The number of rotatable bonds is 7. The number of nitrogens with one attached hydrogen (secondary N) is 2. The summed E-state index contributed by atoms with van der Waals surface area (Å²) in [6.45, 7) is 0.581. The maximum Gasteiger partial charge on any atom is 0.319 e. The zero-order valence-electron chi connectivity index (χ0n) is 13.3. The molecule has 23 heavy (non-hydrogen) atoms. The summed E-state index contributed by atoms with van der Waals surface area (Å²) in [7, 11) is 1.39. The van der Waals surface area contributed by atoms with Crippen LogP contribution in [-0.2, 0) is 9.53 Å². The van der Waals surface area contributed by atoms with Gasteiger partial charge < -0.3 is 15.4 Å². The van der Waals surface area contributed by atoms with E-state index >= 15 is 0 Å². The molecule has 0 heterocycles. The monoisotopic (exact) mass is 314 g/mol. The van der Waals surface area contributed by atoms with Gasteiger partial charge in [-0.1, -0.05) is 42.8 Å². The van der Waals surface area contributed by atoms with Crippen molar-refractivity contribution in [3.8, 4) is 0 Å². The topological polar surface area (TPSA) is 67.4 Å². The van der Waals surface area contributed by atoms with Crippen LogP contribution in [0, 0.1) is 0 Å². The molecule has 0 unspecified atom stereocenters. The molecule has 0 aliphatic rings. The summed E-state index contributed by atoms with van der Waals surface area (Å²) >= 11 is 0. The fourth-order valence-electron chi connectivity index (χ4n) is 2.38. The van der Waals surface area contributed by atoms with E-state index in [4.69, 9.17) is 0 Å². The number of unbranched alkanes of at least 4 members (excludes halogenated alkanes) is 2. The van der Waals surface area contributed by atoms with Crippen LogP contribution >= 0.6 is 0 Å². The molecule has 5 heteroatoms. The van der Waals surface area contributed by atoms with Gasteiger partial charge in [0.2, 0.25) is 0 Å². The Kier molecular flexibility index (Phi) is 6.41. The standard InChI is InChI=1S/C18H22N2O3/c1-23-17(21)12-3-2-6-13-19-18(22)20-16-11-7-9-14-8-4-5-10-15(14)16/h4-5,7-11H,2-3,6,12-13H2,1H3,(H2,19,20,22). The van der Waals surface area contributed by atoms with Crippen molar-refractivity contribution in [3.63, 3.8) is 0 Å². The van der Waals surface area contributed by atoms with E-state index in [1.54, 1.807) is 0 Å². The summed E-state index contributed by atoms with van der Waals surface area (Å²) in [5.41, 5.74) is 0.797. The van der Waals surface area contributed by atoms with Crippen LogP contribution in [0.15, 0.2) is 42.5 Å². The molecule has 5 nitrogen and oxygen atoms in total. The van der Waals surface area contributed by atoms with Gasteiger partial charge in [-0.15, -0.1) is 0 Å². The molecule has 2 aromatic carbocycles. The Morgan fingerprint density at radius 1 is 1.00 bits per heavy atom. The molecule has 122 valence electrons. The molecule has 0 saturated carbocycles. The zero-order chi connectivity index (χ0) is 16.5. The van der Waals surface area contributed by atoms with Crippen molar-refractivity contribution in [1.29, 1.82) is 0 Å². The molecule has 0 spiro atoms. The van der Waals surface area contributed by atoms with Gasteiger partial charge in [0.25, 0.3) is 0 Å². The van der Waals surface area contributed by atoms with Crippen molar-refractivity contribution in [2.45, 2.75) is 25.7 Å². The molecule has 2 N–H and O–H groups in total. The first-order valence-corrected chi connectivity index (χ1v) is 7.80. The third-order valence-corrected chi connectivity index (χ3v) is 3.61. The van der Waals surface area contributed by atoms with E-state index in [0.29, 0.717) is 13.0 Å². The number of urea groups is 1. The summed E-state index contributed by atoms with van der Waals surface area (Å²) < 4.78 is 4.58. The average Bonchev–Trinajstić information content (AvgIpc) is 2.58. The second kappa shape index (κ2) is 8.78. The van der Waals surface area contributed by atoms with Gasteiger partial charge in [0.1, 0.15) is 0 Å². The van der Waals surface area contributed by atoms with Crippen LogP contribution in [0.25, 0.3) is 10.8 Å². The van der Waals surface area contributed by atoms with E-state index < -0.39 is 0 Å². The highest BCUT2D eigenvalue weighted by Gasteiger charge is 2.05. The Morgan fingerprint density at radius 2 is 1.78 bits per heavy atom. The molecule has 0 aliphatic carbocycles. The van der Waals surface area contributed by atoms with Gasteiger partial charge in [0.15, 0.2) is 0 Å². The first kappa shape index (κ1) is 16.8. The van der Waals surface area contributed by atoms with Crippen LogP contribution in [-0.4, -0.2) is 25.7 Å². The van der Waals surface area contributed by atoms with Crippen LogP contribution in [0.1, 0.15) is 25.7 Å². The first-order valence-electron chi connectivity index (χ1n) is 7.80. The van der Waals surface area contributed by atoms with Crippen LogP contribution in [0.3, 0.4) is 0 Å². The highest BCUT2D eigenvalue weighted by Crippen LogP contribution is 2.22. The van der Waals surface area contributed by atoms with Crippen molar-refractivity contribution >= 4 is 28.5 Å². The maximum atomic E-state index is 11.9. The van der Waals surface area contributed by atoms with Crippen molar-refractivity contribution in [2.24, 2.45) is 0 Å². The molecule has 0 fully saturated rings. The number of benzene rings is 2. The molecule has 0 atom stereocenters. The molecule has 2 aromatic rings. The molecule has 2 amide bonds. The summed E-state index contributed by atoms with van der Waals surface area (Å²) in [5, 5.41) is 7.82. The lowest BCUT2D eigenvalue weighted by Crippen LogP contribution is -2.29. The number of methoxy groups -OCH3 is 1. The van der Waals surface area contributed by atoms with E-state index in [1.807, 2.05) is 42.5 Å². The van der Waals surface area contributed by atoms with Gasteiger partial charge in [0.05, 0.1) is 12.8 Å². The lowest BCUT2D eigenvalue weighted by molar-refractivity contribution is -0.140. The minimum absolute atomic E-state index is 0.188. The summed E-state index contributed by atoms with van der Waals surface area (Å²) in [5.74, 6) is -0.188. The molecule has 0 aliphatic heterocycles. The third kappa shape index (κ3) is 5.29. The summed E-state index contributed by atoms with van der Waals surface area (Å²) in [6.07, 6.45) is 2.92. The molecule has 0 aromatic heterocycles. The Bertz CT molecular complexity index is 665. The number of ether oxygens (including phenoxy) is 1. The van der Waals surface area contributed by atoms with Crippen molar-refractivity contribution < 1.29 is 14.3 Å². The number of anilines is 1. The SMILES string of the molecule is COC(=O)CCCCCNC(=O)Nc1cccc2ccccc12. The fourth-order valence-corrected chi connectivity index (χ4v) is 2.38. The van der Waals surface area contributed by atoms with Crippen molar-refractivity contribution in [1.82, 2.24) is 5.32 Å². The Hall–Kier alpha value is -2.56. The highest BCUT2D eigenvalue weighted by atomic mass is 16.5. The van der Waals surface area contributed by atoms with Gasteiger partial charge in [-0.3, -0.25) is 4.79 Å². The molecular formula is C18H22N2O3. The quantitative estimate of drug-likeness (QED) is 0.605. The minimum atomic E-state index is -0.214. The summed E-state index contributed by atoms with van der Waals surface area (Å²) in [4.78, 5) is 22.9. The Balaban J connectivity index is 1.73. The second-order valence-corrected chi connectivity index (χ2v) is 5.29. The molecular weight excluding hydrogens is 292 g/mol. The Morgan fingerprint density at radius 3 is 2.61 bits per heavy atom. The number of hydrogen-bond acceptors (Lipinski definition) is 3. The van der Waals surface area contributed by atoms with Crippen LogP contribution in [0.2, 0.25) is 0 Å². The van der Waals surface area contributed by atoms with Crippen LogP contribution < -0.4 is 10.6 Å². The number of carbonyl (C=O) groups is 2. The molecule has 2 rings (SSSR count). The van der Waals surface area contributed by atoms with E-state index in [-0.39, 0.29) is 12.0 Å². The third-order valence-electron chi connectivity index (χ3n) is 3.61. The van der Waals surface area contributed by atoms with E-state index in [9.17, 15) is 9.59 Å². The van der Waals surface area contributed by atoms with E-state index in [0.717, 1.165) is 35.7 Å². The lowest BCUT2D eigenvalue weighted by Gasteiger charge is -2.10. The largest absolute Gasteiger partial charge is 0.469 e. The van der Waals surface area contributed by atoms with Crippen molar-refractivity contribution in [2.75, 3.05) is 19.0 Å². The number of hydrogen-bond donors (Lipinski definition) is 2. The number of fused-ring (bicyclic) bond motifs is 1. The fraction of sp³-hybridized carbons (Fsp3) is 0.333. The number of carbonyl (C=O) groups excluding carboxylic acids is 2. The average molecular weight is 314 g/mol. The predicted octanol–water partition coefficient (Wildman–Crippen LogP) is 3.69. The molecule has 0 bridgehead atoms. The van der Waals surface area contributed by atoms with Gasteiger partial charge in [-0.25, -0.2) is 4.79 Å². The molecule has 0 radical (unpaired) electrons. The maximum absolute atomic E-state index is 11.9.